The van der Waals surface area contributed by atoms with Gasteiger partial charge in [0.2, 0.25) is 5.91 Å². The molecule has 59 heavy (non-hydrogen) atoms. The number of aliphatic hydroxyl groups excluding tert-OH is 1. The van der Waals surface area contributed by atoms with Crippen molar-refractivity contribution in [3.05, 3.63) is 46.0 Å². The van der Waals surface area contributed by atoms with Gasteiger partial charge in [-0.25, -0.2) is 0 Å². The normalized spacial score (nSPS) is 34.5. The van der Waals surface area contributed by atoms with E-state index >= 15 is 0 Å². The number of amides is 1. The van der Waals surface area contributed by atoms with Crippen molar-refractivity contribution in [1.29, 1.82) is 0 Å². The predicted molar refractivity (Wildman–Crippen MR) is 231 cm³/mol. The number of fused-ring (bicyclic) bond motifs is 7. The van der Waals surface area contributed by atoms with E-state index in [0.717, 1.165) is 62.5 Å². The van der Waals surface area contributed by atoms with Gasteiger partial charge in [0, 0.05) is 62.4 Å². The third kappa shape index (κ3) is 7.85. The summed E-state index contributed by atoms with van der Waals surface area (Å²) in [6.45, 7) is 23.2. The zero-order chi connectivity index (χ0) is 43.7. The second-order valence-corrected chi connectivity index (χ2v) is 22.3. The van der Waals surface area contributed by atoms with Crippen LogP contribution in [0, 0.1) is 56.2 Å². The first-order chi connectivity index (χ1) is 27.3. The van der Waals surface area contributed by atoms with Gasteiger partial charge >= 0.3 is 11.9 Å². The second kappa shape index (κ2) is 16.2. The van der Waals surface area contributed by atoms with Crippen molar-refractivity contribution < 1.29 is 34.1 Å². The Bertz CT molecular complexity index is 1840. The molecule has 0 spiro atoms. The molecule has 4 saturated carbocycles. The highest BCUT2D eigenvalue weighted by atomic mass is 35.5. The number of carboxylic acid groups (broad SMARTS) is 1. The van der Waals surface area contributed by atoms with Crippen LogP contribution in [0.1, 0.15) is 139 Å². The first-order valence-electron chi connectivity index (χ1n) is 22.4. The molecular weight excluding hydrogens is 764 g/mol. The van der Waals surface area contributed by atoms with Gasteiger partial charge in [0.05, 0.1) is 17.9 Å². The van der Waals surface area contributed by atoms with E-state index in [1.165, 1.54) is 5.57 Å². The number of aliphatic carboxylic acids is 1. The minimum atomic E-state index is -1.18. The Kier molecular flexibility index (Phi) is 12.6. The van der Waals surface area contributed by atoms with Crippen LogP contribution in [0.2, 0.25) is 5.02 Å². The van der Waals surface area contributed by atoms with Crippen molar-refractivity contribution in [1.82, 2.24) is 9.80 Å². The van der Waals surface area contributed by atoms with E-state index in [1.807, 2.05) is 31.3 Å². The SMILES string of the molecule is CC(=O)N(C)CCN(Cc1ccc(Cl)cc1)C[C@@H](O)[C@@]12CC[C@]3(C)[C@H](CC[C@@H]4[C@@]5(C)CC[C@H](OC(=O)CC(C)(C)C(=O)O)C(C)(C)[C@@H]5CC[C@]43C)C1=C(C(C)C)C(=O)C2. The van der Waals surface area contributed by atoms with Crippen molar-refractivity contribution >= 4 is 35.2 Å². The number of rotatable bonds is 13. The summed E-state index contributed by atoms with van der Waals surface area (Å²) in [6, 6.07) is 7.80. The molecule has 1 aromatic carbocycles. The molecule has 0 heterocycles. The molecule has 9 atom stereocenters. The Hall–Kier alpha value is -2.75. The van der Waals surface area contributed by atoms with Crippen LogP contribution in [0.4, 0.5) is 0 Å². The molecule has 0 aromatic heterocycles. The van der Waals surface area contributed by atoms with Crippen LogP contribution in [0.5, 0.6) is 0 Å². The van der Waals surface area contributed by atoms with Gasteiger partial charge in [0.25, 0.3) is 0 Å². The number of nitrogens with zero attached hydrogens (tertiary/aromatic N) is 2. The number of halogens is 1. The fourth-order valence-electron chi connectivity index (χ4n) is 13.9. The highest BCUT2D eigenvalue weighted by Gasteiger charge is 2.71. The standard InChI is InChI=1S/C49H73ClN2O7/c1-30(2)41-35(54)26-49(38(55)29-52(25-24-51(11)31(3)53)28-32-12-14-33(50)15-13-32)23-22-47(9)34(42(41)49)16-17-37-46(8)20-19-39(59-40(56)27-44(4,5)43(57)58)45(6,7)36(46)18-21-48(37,47)10/h12-15,30,34,36-39,55H,16-29H2,1-11H3,(H,57,58)/t34-,36+,37-,38-,39+,46+,47-,48-,49+/m1/s1. The molecule has 1 amide bonds. The van der Waals surface area contributed by atoms with Crippen molar-refractivity contribution in [2.75, 3.05) is 26.7 Å². The minimum absolute atomic E-state index is 0.000486. The van der Waals surface area contributed by atoms with Gasteiger partial charge in [0.1, 0.15) is 6.10 Å². The quantitative estimate of drug-likeness (QED) is 0.189. The van der Waals surface area contributed by atoms with Crippen LogP contribution in [0.3, 0.4) is 0 Å². The number of benzene rings is 1. The number of hydrogen-bond donors (Lipinski definition) is 2. The van der Waals surface area contributed by atoms with Gasteiger partial charge in [-0.3, -0.25) is 24.1 Å². The van der Waals surface area contributed by atoms with Gasteiger partial charge in [0.15, 0.2) is 5.78 Å². The summed E-state index contributed by atoms with van der Waals surface area (Å²) in [5, 5.41) is 23.1. The number of likely N-dealkylation sites (N-methyl/N-ethyl adjacent to an activating group) is 1. The van der Waals surface area contributed by atoms with E-state index in [1.54, 1.807) is 25.7 Å². The summed E-state index contributed by atoms with van der Waals surface area (Å²) in [5.41, 5.74) is 1.15. The maximum absolute atomic E-state index is 14.4. The highest BCUT2D eigenvalue weighted by Crippen LogP contribution is 2.77. The smallest absolute Gasteiger partial charge is 0.309 e. The van der Waals surface area contributed by atoms with Crippen molar-refractivity contribution in [3.63, 3.8) is 0 Å². The molecule has 10 heteroatoms. The predicted octanol–water partition coefficient (Wildman–Crippen LogP) is 9.37. The number of ketones is 1. The Morgan fingerprint density at radius 2 is 1.58 bits per heavy atom. The molecule has 2 N–H and O–H groups in total. The molecule has 5 aliphatic rings. The van der Waals surface area contributed by atoms with Gasteiger partial charge in [-0.1, -0.05) is 77.8 Å². The number of carboxylic acids is 1. The maximum Gasteiger partial charge on any atom is 0.309 e. The zero-order valence-electron chi connectivity index (χ0n) is 37.9. The number of carbonyl (C=O) groups is 4. The van der Waals surface area contributed by atoms with Crippen molar-refractivity contribution in [2.45, 2.75) is 152 Å². The lowest BCUT2D eigenvalue weighted by Crippen LogP contribution is -2.66. The van der Waals surface area contributed by atoms with Crippen LogP contribution in [-0.2, 0) is 30.5 Å². The van der Waals surface area contributed by atoms with E-state index in [-0.39, 0.29) is 57.7 Å². The average Bonchev–Trinajstić information content (AvgIpc) is 3.45. The zero-order valence-corrected chi connectivity index (χ0v) is 38.6. The minimum Gasteiger partial charge on any atom is -0.481 e. The third-order valence-electron chi connectivity index (χ3n) is 17.5. The summed E-state index contributed by atoms with van der Waals surface area (Å²) >= 11 is 6.24. The molecule has 0 unspecified atom stereocenters. The molecule has 9 nitrogen and oxygen atoms in total. The fraction of sp³-hybridized carbons (Fsp3) is 0.755. The maximum atomic E-state index is 14.4. The highest BCUT2D eigenvalue weighted by molar-refractivity contribution is 6.30. The molecule has 4 fully saturated rings. The summed E-state index contributed by atoms with van der Waals surface area (Å²) < 4.78 is 6.19. The van der Waals surface area contributed by atoms with Gasteiger partial charge in [-0.2, -0.15) is 0 Å². The lowest BCUT2D eigenvalue weighted by atomic mass is 9.33. The number of Topliss-reactive ketones (excluding diaryl/α,β-unsaturated/α-hetero) is 1. The van der Waals surface area contributed by atoms with Crippen molar-refractivity contribution in [2.24, 2.45) is 56.2 Å². The van der Waals surface area contributed by atoms with Crippen LogP contribution in [0.25, 0.3) is 0 Å². The fourth-order valence-corrected chi connectivity index (χ4v) is 14.0. The molecule has 328 valence electrons. The lowest BCUT2D eigenvalue weighted by molar-refractivity contribution is -0.235. The van der Waals surface area contributed by atoms with Crippen LogP contribution in [0.15, 0.2) is 35.4 Å². The number of esters is 1. The van der Waals surface area contributed by atoms with Gasteiger partial charge in [-0.05, 0) is 128 Å². The summed E-state index contributed by atoms with van der Waals surface area (Å²) in [4.78, 5) is 55.5. The number of allylic oxidation sites excluding steroid dienone is 1. The Morgan fingerprint density at radius 3 is 2.19 bits per heavy atom. The third-order valence-corrected chi connectivity index (χ3v) is 17.8. The molecule has 0 saturated heterocycles. The van der Waals surface area contributed by atoms with Crippen LogP contribution in [-0.4, -0.2) is 82.5 Å². The largest absolute Gasteiger partial charge is 0.481 e. The van der Waals surface area contributed by atoms with Gasteiger partial charge in [-0.15, -0.1) is 0 Å². The topological polar surface area (TPSA) is 124 Å². The summed E-state index contributed by atoms with van der Waals surface area (Å²) in [5.74, 6) is -0.208. The molecule has 1 aromatic rings. The Morgan fingerprint density at radius 1 is 0.915 bits per heavy atom. The van der Waals surface area contributed by atoms with E-state index in [2.05, 4.69) is 53.4 Å². The van der Waals surface area contributed by atoms with Gasteiger partial charge < -0.3 is 19.8 Å². The van der Waals surface area contributed by atoms with E-state index < -0.39 is 28.9 Å². The molecule has 5 aliphatic carbocycles. The molecule has 6 rings (SSSR count). The first kappa shape index (κ1) is 45.8. The molecular formula is C49H73ClN2O7. The summed E-state index contributed by atoms with van der Waals surface area (Å²) in [7, 11) is 1.81. The molecule has 0 bridgehead atoms. The number of hydrogen-bond acceptors (Lipinski definition) is 7. The summed E-state index contributed by atoms with van der Waals surface area (Å²) in [6.07, 6.45) is 6.69. The van der Waals surface area contributed by atoms with Crippen molar-refractivity contribution in [3.8, 4) is 0 Å². The Balaban J connectivity index is 1.29. The average molecular weight is 838 g/mol. The monoisotopic (exact) mass is 837 g/mol. The second-order valence-electron chi connectivity index (χ2n) is 21.9. The van der Waals surface area contributed by atoms with Crippen LogP contribution < -0.4 is 0 Å². The van der Waals surface area contributed by atoms with Crippen LogP contribution >= 0.6 is 11.6 Å². The number of carbonyl (C=O) groups excluding carboxylic acids is 3. The molecule has 0 aliphatic heterocycles. The number of aliphatic hydroxyl groups is 1. The molecule has 0 radical (unpaired) electrons. The lowest BCUT2D eigenvalue weighted by Gasteiger charge is -2.72. The first-order valence-corrected chi connectivity index (χ1v) is 22.8. The van der Waals surface area contributed by atoms with E-state index in [4.69, 9.17) is 16.3 Å². The number of ether oxygens (including phenoxy) is 1. The van der Waals surface area contributed by atoms with E-state index in [9.17, 15) is 29.4 Å². The van der Waals surface area contributed by atoms with E-state index in [0.29, 0.717) is 49.5 Å². The Labute approximate surface area is 359 Å².